The molecule has 0 saturated carbocycles. The number of ether oxygens (including phenoxy) is 1. The zero-order chi connectivity index (χ0) is 11.9. The number of Topliss-reactive ketones (excluding diaryl/α,β-unsaturated/α-hetero) is 1. The van der Waals surface area contributed by atoms with E-state index in [1.807, 2.05) is 0 Å². The fraction of sp³-hybridized carbons (Fsp3) is 0.636. The number of hydrogen-bond acceptors (Lipinski definition) is 4. The fourth-order valence-corrected chi connectivity index (χ4v) is 0.746. The smallest absolute Gasteiger partial charge is 0.314 e. The molecule has 0 heterocycles. The first kappa shape index (κ1) is 13.7. The summed E-state index contributed by atoms with van der Waals surface area (Å²) < 4.78 is 4.58. The second-order valence-corrected chi connectivity index (χ2v) is 3.70. The standard InChI is InChI=1S/C11H16O4/c1-4-15-10(13)8-9(12)6-5-7-11(2,3)14/h14H,4,7-8H2,1-3H3. The van der Waals surface area contributed by atoms with Crippen LogP contribution in [-0.4, -0.2) is 29.1 Å². The van der Waals surface area contributed by atoms with E-state index in [0.717, 1.165) is 0 Å². The zero-order valence-corrected chi connectivity index (χ0v) is 9.29. The van der Waals surface area contributed by atoms with Crippen molar-refractivity contribution < 1.29 is 19.4 Å². The first-order valence-electron chi connectivity index (χ1n) is 4.75. The van der Waals surface area contributed by atoms with Gasteiger partial charge in [-0.15, -0.1) is 0 Å². The Morgan fingerprint density at radius 1 is 1.40 bits per heavy atom. The predicted molar refractivity (Wildman–Crippen MR) is 54.9 cm³/mol. The van der Waals surface area contributed by atoms with Gasteiger partial charge in [-0.2, -0.15) is 0 Å². The average Bonchev–Trinajstić information content (AvgIpc) is 2.01. The maximum atomic E-state index is 11.1. The summed E-state index contributed by atoms with van der Waals surface area (Å²) in [5, 5.41) is 9.29. The molecule has 0 fully saturated rings. The molecule has 0 amide bonds. The lowest BCUT2D eigenvalue weighted by atomic mass is 10.1. The average molecular weight is 212 g/mol. The molecule has 0 bridgehead atoms. The van der Waals surface area contributed by atoms with Gasteiger partial charge in [0, 0.05) is 6.42 Å². The van der Waals surface area contributed by atoms with Crippen molar-refractivity contribution in [1.82, 2.24) is 0 Å². The Bertz CT molecular complexity index is 288. The first-order chi connectivity index (χ1) is 6.85. The van der Waals surface area contributed by atoms with Gasteiger partial charge in [0.1, 0.15) is 6.42 Å². The van der Waals surface area contributed by atoms with Gasteiger partial charge >= 0.3 is 5.97 Å². The second kappa shape index (κ2) is 6.20. The largest absolute Gasteiger partial charge is 0.466 e. The molecule has 0 unspecified atom stereocenters. The lowest BCUT2D eigenvalue weighted by Gasteiger charge is -2.11. The topological polar surface area (TPSA) is 63.6 Å². The van der Waals surface area contributed by atoms with Crippen molar-refractivity contribution in [3.63, 3.8) is 0 Å². The molecule has 1 N–H and O–H groups in total. The molecule has 4 heteroatoms. The van der Waals surface area contributed by atoms with E-state index in [1.54, 1.807) is 20.8 Å². The molecule has 0 spiro atoms. The van der Waals surface area contributed by atoms with Crippen LogP contribution in [0, 0.1) is 11.8 Å². The van der Waals surface area contributed by atoms with Crippen molar-refractivity contribution >= 4 is 11.8 Å². The molecule has 0 aliphatic carbocycles. The van der Waals surface area contributed by atoms with Gasteiger partial charge in [0.25, 0.3) is 0 Å². The van der Waals surface area contributed by atoms with Gasteiger partial charge < -0.3 is 9.84 Å². The maximum absolute atomic E-state index is 11.1. The Morgan fingerprint density at radius 3 is 2.47 bits per heavy atom. The van der Waals surface area contributed by atoms with E-state index in [4.69, 9.17) is 0 Å². The van der Waals surface area contributed by atoms with Crippen LogP contribution in [0.25, 0.3) is 0 Å². The Balaban J connectivity index is 3.98. The SMILES string of the molecule is CCOC(=O)CC(=O)C#CCC(C)(C)O. The minimum absolute atomic E-state index is 0.196. The quantitative estimate of drug-likeness (QED) is 0.322. The monoisotopic (exact) mass is 212 g/mol. The van der Waals surface area contributed by atoms with Gasteiger partial charge in [0.2, 0.25) is 5.78 Å². The molecule has 84 valence electrons. The van der Waals surface area contributed by atoms with Crippen LogP contribution >= 0.6 is 0 Å². The minimum atomic E-state index is -0.919. The normalized spacial score (nSPS) is 10.1. The molecule has 0 aromatic rings. The highest BCUT2D eigenvalue weighted by Gasteiger charge is 2.10. The fourth-order valence-electron chi connectivity index (χ4n) is 0.746. The summed E-state index contributed by atoms with van der Waals surface area (Å²) in [7, 11) is 0. The van der Waals surface area contributed by atoms with Crippen LogP contribution in [0.3, 0.4) is 0 Å². The third kappa shape index (κ3) is 8.98. The Labute approximate surface area is 89.6 Å². The van der Waals surface area contributed by atoms with Crippen molar-refractivity contribution in [3.8, 4) is 11.8 Å². The number of carbonyl (C=O) groups is 2. The molecule has 0 atom stereocenters. The third-order valence-corrected chi connectivity index (χ3v) is 1.36. The maximum Gasteiger partial charge on any atom is 0.314 e. The van der Waals surface area contributed by atoms with Gasteiger partial charge in [-0.1, -0.05) is 5.92 Å². The van der Waals surface area contributed by atoms with E-state index in [2.05, 4.69) is 16.6 Å². The van der Waals surface area contributed by atoms with Crippen LogP contribution < -0.4 is 0 Å². The lowest BCUT2D eigenvalue weighted by Crippen LogP contribution is -2.17. The molecule has 0 aromatic carbocycles. The molecular weight excluding hydrogens is 196 g/mol. The molecule has 0 rings (SSSR count). The summed E-state index contributed by atoms with van der Waals surface area (Å²) in [6, 6.07) is 0. The molecule has 0 saturated heterocycles. The summed E-state index contributed by atoms with van der Waals surface area (Å²) in [6.07, 6.45) is -0.131. The number of rotatable bonds is 4. The third-order valence-electron chi connectivity index (χ3n) is 1.36. The van der Waals surface area contributed by atoms with Crippen molar-refractivity contribution in [2.24, 2.45) is 0 Å². The van der Waals surface area contributed by atoms with Crippen LogP contribution in [0.2, 0.25) is 0 Å². The Morgan fingerprint density at radius 2 is 2.00 bits per heavy atom. The highest BCUT2D eigenvalue weighted by Crippen LogP contribution is 2.04. The van der Waals surface area contributed by atoms with Crippen LogP contribution in [-0.2, 0) is 14.3 Å². The number of esters is 1. The summed E-state index contributed by atoms with van der Waals surface area (Å²) in [4.78, 5) is 21.9. The predicted octanol–water partition coefficient (Wildman–Crippen LogP) is 0.673. The van der Waals surface area contributed by atoms with Crippen molar-refractivity contribution in [3.05, 3.63) is 0 Å². The molecule has 0 aromatic heterocycles. The Hall–Kier alpha value is -1.34. The van der Waals surface area contributed by atoms with Crippen LogP contribution in [0.5, 0.6) is 0 Å². The molecule has 4 nitrogen and oxygen atoms in total. The Kier molecular flexibility index (Phi) is 5.65. The number of aliphatic hydroxyl groups is 1. The number of ketones is 1. The number of hydrogen-bond donors (Lipinski definition) is 1. The van der Waals surface area contributed by atoms with E-state index in [9.17, 15) is 14.7 Å². The molecule has 15 heavy (non-hydrogen) atoms. The molecule has 0 aliphatic heterocycles. The van der Waals surface area contributed by atoms with Gasteiger partial charge in [0.05, 0.1) is 12.2 Å². The van der Waals surface area contributed by atoms with E-state index in [-0.39, 0.29) is 19.4 Å². The summed E-state index contributed by atoms with van der Waals surface area (Å²) in [6.45, 7) is 5.11. The highest BCUT2D eigenvalue weighted by molar-refractivity contribution is 6.05. The van der Waals surface area contributed by atoms with Gasteiger partial charge in [-0.3, -0.25) is 9.59 Å². The highest BCUT2D eigenvalue weighted by atomic mass is 16.5. The lowest BCUT2D eigenvalue weighted by molar-refractivity contribution is -0.144. The molecule has 0 aliphatic rings. The van der Waals surface area contributed by atoms with E-state index in [1.165, 1.54) is 0 Å². The van der Waals surface area contributed by atoms with E-state index < -0.39 is 17.4 Å². The first-order valence-corrected chi connectivity index (χ1v) is 4.75. The van der Waals surface area contributed by atoms with E-state index in [0.29, 0.717) is 0 Å². The summed E-state index contributed by atoms with van der Waals surface area (Å²) >= 11 is 0. The van der Waals surface area contributed by atoms with Gasteiger partial charge in [-0.05, 0) is 26.7 Å². The summed E-state index contributed by atoms with van der Waals surface area (Å²) in [5.74, 6) is 3.74. The van der Waals surface area contributed by atoms with Crippen LogP contribution in [0.1, 0.15) is 33.6 Å². The van der Waals surface area contributed by atoms with Crippen molar-refractivity contribution in [2.45, 2.75) is 39.2 Å². The van der Waals surface area contributed by atoms with Gasteiger partial charge in [0.15, 0.2) is 0 Å². The van der Waals surface area contributed by atoms with Crippen molar-refractivity contribution in [2.75, 3.05) is 6.61 Å². The number of carbonyl (C=O) groups excluding carboxylic acids is 2. The molecular formula is C11H16O4. The van der Waals surface area contributed by atoms with E-state index >= 15 is 0 Å². The minimum Gasteiger partial charge on any atom is -0.466 e. The second-order valence-electron chi connectivity index (χ2n) is 3.70. The van der Waals surface area contributed by atoms with Crippen molar-refractivity contribution in [1.29, 1.82) is 0 Å². The van der Waals surface area contributed by atoms with Crippen LogP contribution in [0.15, 0.2) is 0 Å². The zero-order valence-electron chi connectivity index (χ0n) is 9.29. The molecule has 0 radical (unpaired) electrons. The summed E-state index contributed by atoms with van der Waals surface area (Å²) in [5.41, 5.74) is -0.919. The van der Waals surface area contributed by atoms with Gasteiger partial charge in [-0.25, -0.2) is 0 Å². The van der Waals surface area contributed by atoms with Crippen LogP contribution in [0.4, 0.5) is 0 Å².